The molecular formula is C22H20N6O2. The predicted octanol–water partition coefficient (Wildman–Crippen LogP) is 2.57. The molecule has 0 spiro atoms. The van der Waals surface area contributed by atoms with Crippen molar-refractivity contribution in [1.29, 1.82) is 0 Å². The van der Waals surface area contributed by atoms with Crippen molar-refractivity contribution in [2.45, 2.75) is 6.42 Å². The standard InChI is InChI=1S/C22H20N6O2/c29-22(14-19-17-5-1-2-6-20(17)30-26-19)28-12-10-27(11-13-28)21-8-7-18(24-25-21)16-4-3-9-23-15-16/h1-9,15H,10-14H2. The van der Waals surface area contributed by atoms with Crippen LogP contribution in [0.5, 0.6) is 0 Å². The lowest BCUT2D eigenvalue weighted by Gasteiger charge is -2.35. The van der Waals surface area contributed by atoms with Crippen LogP contribution in [0.3, 0.4) is 0 Å². The Balaban J connectivity index is 1.20. The first-order chi connectivity index (χ1) is 14.8. The van der Waals surface area contributed by atoms with E-state index >= 15 is 0 Å². The van der Waals surface area contributed by atoms with Gasteiger partial charge in [0, 0.05) is 49.5 Å². The van der Waals surface area contributed by atoms with Crippen molar-refractivity contribution in [2.75, 3.05) is 31.1 Å². The first-order valence-corrected chi connectivity index (χ1v) is 9.88. The Labute approximate surface area is 173 Å². The smallest absolute Gasteiger partial charge is 0.228 e. The predicted molar refractivity (Wildman–Crippen MR) is 112 cm³/mol. The summed E-state index contributed by atoms with van der Waals surface area (Å²) in [6, 6.07) is 15.4. The second-order valence-corrected chi connectivity index (χ2v) is 7.19. The summed E-state index contributed by atoms with van der Waals surface area (Å²) < 4.78 is 5.31. The van der Waals surface area contributed by atoms with Crippen LogP contribution in [-0.4, -0.2) is 57.3 Å². The minimum atomic E-state index is 0.0618. The van der Waals surface area contributed by atoms with E-state index in [0.29, 0.717) is 37.5 Å². The van der Waals surface area contributed by atoms with Gasteiger partial charge in [0.05, 0.1) is 12.1 Å². The van der Waals surface area contributed by atoms with Gasteiger partial charge in [-0.2, -0.15) is 0 Å². The summed E-state index contributed by atoms with van der Waals surface area (Å²) in [7, 11) is 0. The Bertz CT molecular complexity index is 1150. The Kier molecular flexibility index (Phi) is 4.80. The summed E-state index contributed by atoms with van der Waals surface area (Å²) in [5, 5.41) is 13.7. The molecule has 8 nitrogen and oxygen atoms in total. The normalized spacial score (nSPS) is 14.3. The number of para-hydroxylation sites is 1. The second kappa shape index (κ2) is 7.90. The highest BCUT2D eigenvalue weighted by Crippen LogP contribution is 2.21. The summed E-state index contributed by atoms with van der Waals surface area (Å²) in [5.74, 6) is 0.879. The van der Waals surface area contributed by atoms with Crippen LogP contribution >= 0.6 is 0 Å². The van der Waals surface area contributed by atoms with Gasteiger partial charge in [-0.05, 0) is 36.4 Å². The van der Waals surface area contributed by atoms with Crippen LogP contribution in [0.1, 0.15) is 5.69 Å². The number of benzene rings is 1. The molecule has 30 heavy (non-hydrogen) atoms. The fourth-order valence-electron chi connectivity index (χ4n) is 3.67. The fourth-order valence-corrected chi connectivity index (χ4v) is 3.67. The van der Waals surface area contributed by atoms with Gasteiger partial charge in [0.15, 0.2) is 11.4 Å². The van der Waals surface area contributed by atoms with Gasteiger partial charge in [-0.15, -0.1) is 10.2 Å². The van der Waals surface area contributed by atoms with Crippen LogP contribution in [-0.2, 0) is 11.2 Å². The minimum Gasteiger partial charge on any atom is -0.356 e. The first kappa shape index (κ1) is 18.2. The van der Waals surface area contributed by atoms with Gasteiger partial charge in [-0.25, -0.2) is 0 Å². The van der Waals surface area contributed by atoms with Crippen molar-refractivity contribution < 1.29 is 9.32 Å². The Morgan fingerprint density at radius 2 is 1.83 bits per heavy atom. The van der Waals surface area contributed by atoms with Crippen LogP contribution in [0.15, 0.2) is 65.4 Å². The molecule has 5 rings (SSSR count). The third-order valence-corrected chi connectivity index (χ3v) is 5.33. The molecule has 150 valence electrons. The van der Waals surface area contributed by atoms with E-state index in [0.717, 1.165) is 22.5 Å². The average Bonchev–Trinajstić information content (AvgIpc) is 3.23. The van der Waals surface area contributed by atoms with Crippen molar-refractivity contribution in [1.82, 2.24) is 25.2 Å². The number of hydrogen-bond donors (Lipinski definition) is 0. The largest absolute Gasteiger partial charge is 0.356 e. The molecule has 1 aliphatic rings. The zero-order chi connectivity index (χ0) is 20.3. The summed E-state index contributed by atoms with van der Waals surface area (Å²) in [6.45, 7) is 2.71. The molecule has 0 N–H and O–H groups in total. The maximum Gasteiger partial charge on any atom is 0.228 e. The van der Waals surface area contributed by atoms with Gasteiger partial charge < -0.3 is 14.3 Å². The maximum absolute atomic E-state index is 12.7. The number of carbonyl (C=O) groups excluding carboxylic acids is 1. The molecule has 1 saturated heterocycles. The van der Waals surface area contributed by atoms with Crippen molar-refractivity contribution in [3.8, 4) is 11.3 Å². The van der Waals surface area contributed by atoms with Gasteiger partial charge in [0.1, 0.15) is 5.69 Å². The molecule has 1 fully saturated rings. The van der Waals surface area contributed by atoms with E-state index in [2.05, 4.69) is 25.2 Å². The third kappa shape index (κ3) is 3.59. The van der Waals surface area contributed by atoms with Crippen LogP contribution in [0.4, 0.5) is 5.82 Å². The van der Waals surface area contributed by atoms with E-state index in [1.54, 1.807) is 12.4 Å². The summed E-state index contributed by atoms with van der Waals surface area (Å²) in [5.41, 5.74) is 3.13. The fraction of sp³-hybridized carbons (Fsp3) is 0.227. The summed E-state index contributed by atoms with van der Waals surface area (Å²) in [4.78, 5) is 20.9. The van der Waals surface area contributed by atoms with Gasteiger partial charge in [0.2, 0.25) is 5.91 Å². The topological polar surface area (TPSA) is 88.3 Å². The quantitative estimate of drug-likeness (QED) is 0.520. The van der Waals surface area contributed by atoms with Crippen molar-refractivity contribution in [2.24, 2.45) is 0 Å². The number of fused-ring (bicyclic) bond motifs is 1. The molecule has 4 aromatic rings. The second-order valence-electron chi connectivity index (χ2n) is 7.19. The Morgan fingerprint density at radius 3 is 2.60 bits per heavy atom. The average molecular weight is 400 g/mol. The monoisotopic (exact) mass is 400 g/mol. The molecular weight excluding hydrogens is 380 g/mol. The number of carbonyl (C=O) groups is 1. The molecule has 1 aromatic carbocycles. The number of piperazine rings is 1. The zero-order valence-corrected chi connectivity index (χ0v) is 16.3. The molecule has 1 aliphatic heterocycles. The van der Waals surface area contributed by atoms with Crippen molar-refractivity contribution in [3.05, 3.63) is 66.6 Å². The number of nitrogens with zero attached hydrogens (tertiary/aromatic N) is 6. The lowest BCUT2D eigenvalue weighted by atomic mass is 10.1. The van der Waals surface area contributed by atoms with E-state index in [1.165, 1.54) is 0 Å². The molecule has 0 radical (unpaired) electrons. The van der Waals surface area contributed by atoms with Crippen LogP contribution in [0, 0.1) is 0 Å². The number of amides is 1. The number of aromatic nitrogens is 4. The highest BCUT2D eigenvalue weighted by atomic mass is 16.5. The highest BCUT2D eigenvalue weighted by Gasteiger charge is 2.23. The van der Waals surface area contributed by atoms with E-state index in [9.17, 15) is 4.79 Å². The van der Waals surface area contributed by atoms with E-state index in [1.807, 2.05) is 53.4 Å². The highest BCUT2D eigenvalue weighted by molar-refractivity contribution is 5.86. The van der Waals surface area contributed by atoms with Crippen LogP contribution in [0.25, 0.3) is 22.2 Å². The molecule has 0 aliphatic carbocycles. The van der Waals surface area contributed by atoms with Crippen LogP contribution < -0.4 is 4.90 Å². The van der Waals surface area contributed by atoms with Gasteiger partial charge >= 0.3 is 0 Å². The molecule has 3 aromatic heterocycles. The van der Waals surface area contributed by atoms with Crippen molar-refractivity contribution >= 4 is 22.7 Å². The lowest BCUT2D eigenvalue weighted by molar-refractivity contribution is -0.130. The van der Waals surface area contributed by atoms with Crippen molar-refractivity contribution in [3.63, 3.8) is 0 Å². The lowest BCUT2D eigenvalue weighted by Crippen LogP contribution is -2.49. The molecule has 0 saturated carbocycles. The molecule has 8 heteroatoms. The molecule has 0 unspecified atom stereocenters. The SMILES string of the molecule is O=C(Cc1noc2ccccc12)N1CCN(c2ccc(-c3cccnc3)nn2)CC1. The first-order valence-electron chi connectivity index (χ1n) is 9.88. The number of pyridine rings is 1. The van der Waals surface area contributed by atoms with Gasteiger partial charge in [-0.3, -0.25) is 9.78 Å². The summed E-state index contributed by atoms with van der Waals surface area (Å²) >= 11 is 0. The number of anilines is 1. The van der Waals surface area contributed by atoms with Crippen LogP contribution in [0.2, 0.25) is 0 Å². The maximum atomic E-state index is 12.7. The summed E-state index contributed by atoms with van der Waals surface area (Å²) in [6.07, 6.45) is 3.75. The number of rotatable bonds is 4. The minimum absolute atomic E-state index is 0.0618. The third-order valence-electron chi connectivity index (χ3n) is 5.33. The number of hydrogen-bond acceptors (Lipinski definition) is 7. The molecule has 1 amide bonds. The van der Waals surface area contributed by atoms with E-state index in [4.69, 9.17) is 4.52 Å². The Hall–Kier alpha value is -3.81. The molecule has 0 atom stereocenters. The Morgan fingerprint density at radius 1 is 0.967 bits per heavy atom. The zero-order valence-electron chi connectivity index (χ0n) is 16.3. The van der Waals surface area contributed by atoms with Gasteiger partial charge in [0.25, 0.3) is 0 Å². The molecule has 4 heterocycles. The van der Waals surface area contributed by atoms with E-state index in [-0.39, 0.29) is 12.3 Å². The van der Waals surface area contributed by atoms with E-state index < -0.39 is 0 Å². The molecule has 0 bridgehead atoms. The van der Waals surface area contributed by atoms with Gasteiger partial charge in [-0.1, -0.05) is 17.3 Å².